The summed E-state index contributed by atoms with van der Waals surface area (Å²) in [4.78, 5) is 0. The molecule has 0 aliphatic heterocycles. The van der Waals surface area contributed by atoms with Crippen molar-refractivity contribution < 1.29 is 0 Å². The molecule has 72 valence electrons. The number of hydrogen-bond donors (Lipinski definition) is 1. The zero-order chi connectivity index (χ0) is 9.84. The van der Waals surface area contributed by atoms with Crippen molar-refractivity contribution in [1.82, 2.24) is 0 Å². The lowest BCUT2D eigenvalue weighted by Gasteiger charge is -2.14. The zero-order valence-corrected chi connectivity index (χ0v) is 8.80. The molecular formula is C12H19N. The Morgan fingerprint density at radius 1 is 1.31 bits per heavy atom. The average Bonchev–Trinajstić information content (AvgIpc) is 2.16. The summed E-state index contributed by atoms with van der Waals surface area (Å²) in [5, 5.41) is 0. The molecule has 13 heavy (non-hydrogen) atoms. The summed E-state index contributed by atoms with van der Waals surface area (Å²) in [5.74, 6) is 0. The van der Waals surface area contributed by atoms with Gasteiger partial charge in [-0.2, -0.15) is 0 Å². The molecule has 0 saturated carbocycles. The van der Waals surface area contributed by atoms with E-state index in [0.29, 0.717) is 0 Å². The quantitative estimate of drug-likeness (QED) is 0.754. The highest BCUT2D eigenvalue weighted by atomic mass is 14.6. The number of nitrogens with two attached hydrogens (primary N) is 1. The molecule has 0 aliphatic rings. The maximum absolute atomic E-state index is 6.04. The van der Waals surface area contributed by atoms with Gasteiger partial charge < -0.3 is 5.73 Å². The summed E-state index contributed by atoms with van der Waals surface area (Å²) >= 11 is 0. The lowest BCUT2D eigenvalue weighted by molar-refractivity contribution is 0.689. The fraction of sp³-hybridized carbons (Fsp3) is 0.500. The van der Waals surface area contributed by atoms with Gasteiger partial charge in [-0.05, 0) is 30.9 Å². The fourth-order valence-electron chi connectivity index (χ4n) is 1.60. The van der Waals surface area contributed by atoms with Crippen molar-refractivity contribution in [2.75, 3.05) is 0 Å². The second kappa shape index (κ2) is 4.43. The second-order valence-electron chi connectivity index (χ2n) is 3.57. The Kier molecular flexibility index (Phi) is 3.49. The van der Waals surface area contributed by atoms with Crippen molar-refractivity contribution in [3.63, 3.8) is 0 Å². The Morgan fingerprint density at radius 3 is 2.54 bits per heavy atom. The number of aryl methyl sites for hydroxylation is 2. The van der Waals surface area contributed by atoms with Gasteiger partial charge in [0.15, 0.2) is 0 Å². The van der Waals surface area contributed by atoms with Crippen molar-refractivity contribution in [2.24, 2.45) is 5.73 Å². The Morgan fingerprint density at radius 2 is 2.00 bits per heavy atom. The van der Waals surface area contributed by atoms with Crippen LogP contribution in [-0.4, -0.2) is 0 Å². The normalized spacial score (nSPS) is 12.9. The number of hydrogen-bond acceptors (Lipinski definition) is 1. The monoisotopic (exact) mass is 177 g/mol. The molecule has 0 aliphatic carbocycles. The molecule has 0 spiro atoms. The van der Waals surface area contributed by atoms with Gasteiger partial charge in [-0.25, -0.2) is 0 Å². The van der Waals surface area contributed by atoms with E-state index in [-0.39, 0.29) is 6.04 Å². The van der Waals surface area contributed by atoms with Gasteiger partial charge in [0.25, 0.3) is 0 Å². The van der Waals surface area contributed by atoms with Gasteiger partial charge in [-0.3, -0.25) is 0 Å². The van der Waals surface area contributed by atoms with E-state index in [1.165, 1.54) is 16.7 Å². The Bertz CT molecular complexity index is 278. The lowest BCUT2D eigenvalue weighted by Crippen LogP contribution is -2.11. The predicted molar refractivity (Wildman–Crippen MR) is 57.8 cm³/mol. The molecule has 0 fully saturated rings. The van der Waals surface area contributed by atoms with Crippen LogP contribution in [0.2, 0.25) is 0 Å². The third kappa shape index (κ3) is 2.31. The van der Waals surface area contributed by atoms with Gasteiger partial charge in [0, 0.05) is 6.04 Å². The van der Waals surface area contributed by atoms with Gasteiger partial charge in [-0.1, -0.05) is 37.6 Å². The Labute approximate surface area is 81.0 Å². The molecule has 0 amide bonds. The average molecular weight is 177 g/mol. The van der Waals surface area contributed by atoms with Crippen LogP contribution in [0.5, 0.6) is 0 Å². The number of benzene rings is 1. The maximum atomic E-state index is 6.04. The molecule has 0 radical (unpaired) electrons. The molecule has 1 atom stereocenters. The van der Waals surface area contributed by atoms with E-state index in [2.05, 4.69) is 39.0 Å². The van der Waals surface area contributed by atoms with Crippen LogP contribution >= 0.6 is 0 Å². The highest BCUT2D eigenvalue weighted by molar-refractivity contribution is 5.33. The standard InChI is InChI=1S/C12H19N/c1-4-10-7-6-9(3)8-11(10)12(13)5-2/h6-8,12H,4-5,13H2,1-3H3/t12-/m1/s1. The highest BCUT2D eigenvalue weighted by Gasteiger charge is 2.07. The molecule has 0 unspecified atom stereocenters. The van der Waals surface area contributed by atoms with Crippen LogP contribution in [0.4, 0.5) is 0 Å². The van der Waals surface area contributed by atoms with Crippen LogP contribution < -0.4 is 5.73 Å². The first kappa shape index (κ1) is 10.3. The van der Waals surface area contributed by atoms with Crippen LogP contribution in [0, 0.1) is 6.92 Å². The molecule has 0 heterocycles. The van der Waals surface area contributed by atoms with E-state index in [9.17, 15) is 0 Å². The van der Waals surface area contributed by atoms with Gasteiger partial charge in [0.2, 0.25) is 0 Å². The smallest absolute Gasteiger partial charge is 0.0295 e. The van der Waals surface area contributed by atoms with Crippen LogP contribution in [0.15, 0.2) is 18.2 Å². The maximum Gasteiger partial charge on any atom is 0.0295 e. The minimum absolute atomic E-state index is 0.204. The molecule has 1 rings (SSSR count). The van der Waals surface area contributed by atoms with Gasteiger partial charge in [-0.15, -0.1) is 0 Å². The molecule has 0 saturated heterocycles. The van der Waals surface area contributed by atoms with Gasteiger partial charge >= 0.3 is 0 Å². The molecule has 1 heteroatoms. The second-order valence-corrected chi connectivity index (χ2v) is 3.57. The van der Waals surface area contributed by atoms with E-state index < -0.39 is 0 Å². The molecule has 1 nitrogen and oxygen atoms in total. The van der Waals surface area contributed by atoms with Crippen LogP contribution in [-0.2, 0) is 6.42 Å². The molecule has 1 aromatic rings. The van der Waals surface area contributed by atoms with E-state index in [0.717, 1.165) is 12.8 Å². The summed E-state index contributed by atoms with van der Waals surface area (Å²) in [7, 11) is 0. The van der Waals surface area contributed by atoms with Crippen LogP contribution in [0.25, 0.3) is 0 Å². The minimum atomic E-state index is 0.204. The lowest BCUT2D eigenvalue weighted by atomic mass is 9.96. The molecular weight excluding hydrogens is 158 g/mol. The van der Waals surface area contributed by atoms with E-state index in [1.54, 1.807) is 0 Å². The van der Waals surface area contributed by atoms with Crippen molar-refractivity contribution in [3.8, 4) is 0 Å². The van der Waals surface area contributed by atoms with Crippen molar-refractivity contribution in [3.05, 3.63) is 34.9 Å². The Balaban J connectivity index is 3.07. The topological polar surface area (TPSA) is 26.0 Å². The summed E-state index contributed by atoms with van der Waals surface area (Å²) < 4.78 is 0. The van der Waals surface area contributed by atoms with Crippen LogP contribution in [0.3, 0.4) is 0 Å². The molecule has 0 aromatic heterocycles. The summed E-state index contributed by atoms with van der Waals surface area (Å²) in [5.41, 5.74) is 10.1. The molecule has 2 N–H and O–H groups in total. The van der Waals surface area contributed by atoms with Crippen molar-refractivity contribution in [1.29, 1.82) is 0 Å². The zero-order valence-electron chi connectivity index (χ0n) is 8.80. The fourth-order valence-corrected chi connectivity index (χ4v) is 1.60. The molecule has 0 bridgehead atoms. The predicted octanol–water partition coefficient (Wildman–Crippen LogP) is 2.97. The van der Waals surface area contributed by atoms with E-state index in [4.69, 9.17) is 5.73 Å². The third-order valence-corrected chi connectivity index (χ3v) is 2.52. The molecule has 1 aromatic carbocycles. The Hall–Kier alpha value is -0.820. The van der Waals surface area contributed by atoms with E-state index in [1.807, 2.05) is 0 Å². The van der Waals surface area contributed by atoms with Crippen molar-refractivity contribution >= 4 is 0 Å². The summed E-state index contributed by atoms with van der Waals surface area (Å²) in [6.07, 6.45) is 2.08. The van der Waals surface area contributed by atoms with Gasteiger partial charge in [0.05, 0.1) is 0 Å². The minimum Gasteiger partial charge on any atom is -0.324 e. The first-order chi connectivity index (χ1) is 6.19. The number of rotatable bonds is 3. The third-order valence-electron chi connectivity index (χ3n) is 2.52. The van der Waals surface area contributed by atoms with Crippen molar-refractivity contribution in [2.45, 2.75) is 39.7 Å². The van der Waals surface area contributed by atoms with Gasteiger partial charge in [0.1, 0.15) is 0 Å². The van der Waals surface area contributed by atoms with E-state index >= 15 is 0 Å². The highest BCUT2D eigenvalue weighted by Crippen LogP contribution is 2.20. The summed E-state index contributed by atoms with van der Waals surface area (Å²) in [6.45, 7) is 6.42. The summed E-state index contributed by atoms with van der Waals surface area (Å²) in [6, 6.07) is 6.77. The largest absolute Gasteiger partial charge is 0.324 e. The first-order valence-corrected chi connectivity index (χ1v) is 5.04. The van der Waals surface area contributed by atoms with Crippen LogP contribution in [0.1, 0.15) is 43.0 Å². The first-order valence-electron chi connectivity index (χ1n) is 5.04. The SMILES string of the molecule is CCc1ccc(C)cc1[C@H](N)CC.